The van der Waals surface area contributed by atoms with Gasteiger partial charge in [0.25, 0.3) is 0 Å². The Labute approximate surface area is 96.1 Å². The first kappa shape index (κ1) is 10.6. The number of carbonyl (C=O) groups is 2. The molecule has 1 fully saturated rings. The first-order valence-corrected chi connectivity index (χ1v) is 5.58. The molecule has 5 nitrogen and oxygen atoms in total. The highest BCUT2D eigenvalue weighted by atomic mass is 32.1. The molecule has 82 valence electrons. The molecule has 0 radical (unpaired) electrons. The largest absolute Gasteiger partial charge is 0.369 e. The molecule has 0 saturated carbocycles. The van der Waals surface area contributed by atoms with E-state index in [1.807, 2.05) is 6.07 Å². The van der Waals surface area contributed by atoms with Crippen molar-refractivity contribution in [3.05, 3.63) is 17.0 Å². The van der Waals surface area contributed by atoms with E-state index in [-0.39, 0.29) is 18.9 Å². The molecule has 2 rings (SSSR count). The van der Waals surface area contributed by atoms with Crippen molar-refractivity contribution in [1.82, 2.24) is 0 Å². The minimum absolute atomic E-state index is 0.137. The van der Waals surface area contributed by atoms with Gasteiger partial charge in [-0.3, -0.25) is 9.59 Å². The van der Waals surface area contributed by atoms with Crippen molar-refractivity contribution in [3.63, 3.8) is 0 Å². The van der Waals surface area contributed by atoms with Crippen LogP contribution in [0.4, 0.5) is 5.00 Å². The number of nitrogens with zero attached hydrogens (tertiary/aromatic N) is 2. The topological polar surface area (TPSA) is 87.2 Å². The maximum Gasteiger partial charge on any atom is 0.228 e. The maximum atomic E-state index is 11.7. The zero-order valence-corrected chi connectivity index (χ0v) is 9.16. The predicted molar refractivity (Wildman–Crippen MR) is 58.7 cm³/mol. The predicted octanol–water partition coefficient (Wildman–Crippen LogP) is 0.458. The van der Waals surface area contributed by atoms with Gasteiger partial charge in [-0.25, -0.2) is 0 Å². The van der Waals surface area contributed by atoms with Crippen LogP contribution in [0.25, 0.3) is 0 Å². The Hall–Kier alpha value is -1.87. The first-order chi connectivity index (χ1) is 7.63. The van der Waals surface area contributed by atoms with Gasteiger partial charge in [-0.2, -0.15) is 5.26 Å². The number of amides is 2. The van der Waals surface area contributed by atoms with Crippen LogP contribution >= 0.6 is 11.3 Å². The summed E-state index contributed by atoms with van der Waals surface area (Å²) in [5.41, 5.74) is 5.63. The zero-order valence-electron chi connectivity index (χ0n) is 8.34. The highest BCUT2D eigenvalue weighted by Crippen LogP contribution is 2.32. The second-order valence-electron chi connectivity index (χ2n) is 3.56. The second-order valence-corrected chi connectivity index (χ2v) is 4.45. The summed E-state index contributed by atoms with van der Waals surface area (Å²) in [5, 5.41) is 11.2. The first-order valence-electron chi connectivity index (χ1n) is 4.70. The van der Waals surface area contributed by atoms with Crippen LogP contribution in [-0.2, 0) is 9.59 Å². The molecule has 0 aromatic carbocycles. The molecule has 0 spiro atoms. The van der Waals surface area contributed by atoms with Gasteiger partial charge in [-0.05, 0) is 11.4 Å². The summed E-state index contributed by atoms with van der Waals surface area (Å²) in [6.07, 6.45) is 0.137. The fourth-order valence-electron chi connectivity index (χ4n) is 1.69. The van der Waals surface area contributed by atoms with Crippen molar-refractivity contribution in [1.29, 1.82) is 5.26 Å². The van der Waals surface area contributed by atoms with Gasteiger partial charge in [0.15, 0.2) is 0 Å². The van der Waals surface area contributed by atoms with Crippen LogP contribution in [0, 0.1) is 17.2 Å². The summed E-state index contributed by atoms with van der Waals surface area (Å²) in [6.45, 7) is 0.281. The van der Waals surface area contributed by atoms with Crippen molar-refractivity contribution in [2.45, 2.75) is 6.42 Å². The number of rotatable bonds is 2. The van der Waals surface area contributed by atoms with Gasteiger partial charge in [-0.1, -0.05) is 0 Å². The van der Waals surface area contributed by atoms with Crippen molar-refractivity contribution in [2.24, 2.45) is 11.7 Å². The van der Waals surface area contributed by atoms with Gasteiger partial charge < -0.3 is 10.6 Å². The number of thiophene rings is 1. The summed E-state index contributed by atoms with van der Waals surface area (Å²) in [6, 6.07) is 3.68. The molecule has 2 N–H and O–H groups in total. The van der Waals surface area contributed by atoms with Gasteiger partial charge in [0, 0.05) is 13.0 Å². The number of nitrogens with two attached hydrogens (primary N) is 1. The fourth-order valence-corrected chi connectivity index (χ4v) is 2.57. The van der Waals surface area contributed by atoms with Gasteiger partial charge >= 0.3 is 0 Å². The molecular formula is C10H9N3O2S. The lowest BCUT2D eigenvalue weighted by Gasteiger charge is -2.13. The monoisotopic (exact) mass is 235 g/mol. The van der Waals surface area contributed by atoms with Crippen LogP contribution in [0.1, 0.15) is 12.0 Å². The second kappa shape index (κ2) is 3.94. The van der Waals surface area contributed by atoms with Gasteiger partial charge in [0.05, 0.1) is 11.5 Å². The standard InChI is InChI=1S/C10H9N3O2S/c11-4-6-1-2-16-10(6)13-5-7(9(12)15)3-8(13)14/h1-2,7H,3,5H2,(H2,12,15). The number of primary amides is 1. The summed E-state index contributed by atoms with van der Waals surface area (Å²) in [7, 11) is 0. The van der Waals surface area contributed by atoms with Crippen LogP contribution in [0.15, 0.2) is 11.4 Å². The van der Waals surface area contributed by atoms with Crippen LogP contribution in [0.2, 0.25) is 0 Å². The van der Waals surface area contributed by atoms with E-state index >= 15 is 0 Å². The molecule has 1 aliphatic rings. The van der Waals surface area contributed by atoms with Crippen molar-refractivity contribution >= 4 is 28.2 Å². The van der Waals surface area contributed by atoms with Gasteiger partial charge in [-0.15, -0.1) is 11.3 Å². The molecule has 2 amide bonds. The lowest BCUT2D eigenvalue weighted by molar-refractivity contribution is -0.123. The van der Waals surface area contributed by atoms with E-state index in [2.05, 4.69) is 0 Å². The normalized spacial score (nSPS) is 19.8. The molecule has 1 aromatic heterocycles. The van der Waals surface area contributed by atoms with Crippen molar-refractivity contribution < 1.29 is 9.59 Å². The van der Waals surface area contributed by atoms with E-state index < -0.39 is 11.8 Å². The van der Waals surface area contributed by atoms with Crippen LogP contribution in [-0.4, -0.2) is 18.4 Å². The number of carbonyl (C=O) groups excluding carboxylic acids is 2. The third-order valence-corrected chi connectivity index (χ3v) is 3.47. The number of anilines is 1. The zero-order chi connectivity index (χ0) is 11.7. The van der Waals surface area contributed by atoms with E-state index in [4.69, 9.17) is 11.0 Å². The Kier molecular flexibility index (Phi) is 2.62. The van der Waals surface area contributed by atoms with E-state index in [1.165, 1.54) is 16.2 Å². The van der Waals surface area contributed by atoms with E-state index in [0.29, 0.717) is 10.6 Å². The Morgan fingerprint density at radius 2 is 2.44 bits per heavy atom. The molecule has 6 heteroatoms. The average molecular weight is 235 g/mol. The Morgan fingerprint density at radius 1 is 1.69 bits per heavy atom. The molecule has 0 bridgehead atoms. The van der Waals surface area contributed by atoms with E-state index in [0.717, 1.165) is 0 Å². The Bertz CT molecular complexity index is 488. The Balaban J connectivity index is 2.27. The highest BCUT2D eigenvalue weighted by molar-refractivity contribution is 7.14. The fraction of sp³-hybridized carbons (Fsp3) is 0.300. The van der Waals surface area contributed by atoms with E-state index in [9.17, 15) is 9.59 Å². The van der Waals surface area contributed by atoms with Crippen molar-refractivity contribution in [3.8, 4) is 6.07 Å². The lowest BCUT2D eigenvalue weighted by atomic mass is 10.1. The highest BCUT2D eigenvalue weighted by Gasteiger charge is 2.35. The SMILES string of the molecule is N#Cc1ccsc1N1CC(C(N)=O)CC1=O. The third-order valence-electron chi connectivity index (χ3n) is 2.54. The van der Waals surface area contributed by atoms with Gasteiger partial charge in [0.1, 0.15) is 11.1 Å². The lowest BCUT2D eigenvalue weighted by Crippen LogP contribution is -2.28. The quantitative estimate of drug-likeness (QED) is 0.807. The smallest absolute Gasteiger partial charge is 0.228 e. The minimum Gasteiger partial charge on any atom is -0.369 e. The van der Waals surface area contributed by atoms with Crippen molar-refractivity contribution in [2.75, 3.05) is 11.4 Å². The average Bonchev–Trinajstić information content (AvgIpc) is 2.82. The van der Waals surface area contributed by atoms with Crippen LogP contribution in [0.3, 0.4) is 0 Å². The van der Waals surface area contributed by atoms with Crippen LogP contribution < -0.4 is 10.6 Å². The molecule has 0 aliphatic carbocycles. The molecule has 16 heavy (non-hydrogen) atoms. The minimum atomic E-state index is -0.467. The molecule has 1 aliphatic heterocycles. The molecule has 1 atom stereocenters. The molecular weight excluding hydrogens is 226 g/mol. The number of hydrogen-bond donors (Lipinski definition) is 1. The van der Waals surface area contributed by atoms with Crippen LogP contribution in [0.5, 0.6) is 0 Å². The molecule has 1 aromatic rings. The maximum absolute atomic E-state index is 11.7. The third kappa shape index (κ3) is 1.66. The summed E-state index contributed by atoms with van der Waals surface area (Å²) >= 11 is 1.32. The van der Waals surface area contributed by atoms with Gasteiger partial charge in [0.2, 0.25) is 11.8 Å². The summed E-state index contributed by atoms with van der Waals surface area (Å²) in [4.78, 5) is 24.1. The molecule has 1 saturated heterocycles. The molecule has 2 heterocycles. The number of nitriles is 1. The number of hydrogen-bond acceptors (Lipinski definition) is 4. The summed E-state index contributed by atoms with van der Waals surface area (Å²) < 4.78 is 0. The van der Waals surface area contributed by atoms with E-state index in [1.54, 1.807) is 11.4 Å². The Morgan fingerprint density at radius 3 is 3.00 bits per heavy atom. The summed E-state index contributed by atoms with van der Waals surface area (Å²) in [5.74, 6) is -1.06. The molecule has 1 unspecified atom stereocenters.